The fraction of sp³-hybridized carbons (Fsp3) is 0.214. The third kappa shape index (κ3) is 4.27. The Morgan fingerprint density at radius 1 is 1.33 bits per heavy atom. The van der Waals surface area contributed by atoms with Gasteiger partial charge in [-0.25, -0.2) is 9.78 Å². The van der Waals surface area contributed by atoms with Crippen LogP contribution in [0.1, 0.15) is 21.5 Å². The topological polar surface area (TPSA) is 68.3 Å². The van der Waals surface area contributed by atoms with Gasteiger partial charge in [0.15, 0.2) is 6.10 Å². The lowest BCUT2D eigenvalue weighted by Gasteiger charge is -2.12. The van der Waals surface area contributed by atoms with Gasteiger partial charge in [0.25, 0.3) is 5.91 Å². The lowest BCUT2D eigenvalue weighted by atomic mass is 10.3. The van der Waals surface area contributed by atoms with E-state index in [0.717, 1.165) is 4.88 Å². The lowest BCUT2D eigenvalue weighted by Crippen LogP contribution is -2.30. The minimum Gasteiger partial charge on any atom is -0.448 e. The molecule has 5 nitrogen and oxygen atoms in total. The normalized spacial score (nSPS) is 11.8. The Balaban J connectivity index is 1.93. The highest BCUT2D eigenvalue weighted by atomic mass is 35.5. The smallest absolute Gasteiger partial charge is 0.349 e. The zero-order chi connectivity index (χ0) is 15.4. The average molecular weight is 325 g/mol. The van der Waals surface area contributed by atoms with Crippen molar-refractivity contribution in [3.63, 3.8) is 0 Å². The molecular weight excluding hydrogens is 312 g/mol. The largest absolute Gasteiger partial charge is 0.448 e. The molecule has 0 saturated heterocycles. The summed E-state index contributed by atoms with van der Waals surface area (Å²) < 4.78 is 5.11. The van der Waals surface area contributed by atoms with Gasteiger partial charge in [0.05, 0.1) is 5.02 Å². The maximum absolute atomic E-state index is 11.9. The van der Waals surface area contributed by atoms with E-state index in [4.69, 9.17) is 16.3 Å². The molecule has 0 unspecified atom stereocenters. The van der Waals surface area contributed by atoms with Crippen LogP contribution in [0.4, 0.5) is 5.82 Å². The summed E-state index contributed by atoms with van der Waals surface area (Å²) in [4.78, 5) is 29.2. The Morgan fingerprint density at radius 3 is 2.67 bits per heavy atom. The van der Waals surface area contributed by atoms with E-state index in [0.29, 0.717) is 15.7 Å². The maximum Gasteiger partial charge on any atom is 0.349 e. The molecule has 1 amide bonds. The second-order valence-electron chi connectivity index (χ2n) is 4.31. The second-order valence-corrected chi connectivity index (χ2v) is 6.03. The molecular formula is C14H13ClN2O3S. The number of hydrogen-bond donors (Lipinski definition) is 1. The summed E-state index contributed by atoms with van der Waals surface area (Å²) >= 11 is 7.03. The molecule has 1 atom stereocenters. The molecule has 0 aromatic carbocycles. The average Bonchev–Trinajstić information content (AvgIpc) is 2.88. The van der Waals surface area contributed by atoms with Crippen LogP contribution in [0, 0.1) is 6.92 Å². The number of aromatic nitrogens is 1. The van der Waals surface area contributed by atoms with Gasteiger partial charge < -0.3 is 10.1 Å². The van der Waals surface area contributed by atoms with Crippen molar-refractivity contribution in [1.29, 1.82) is 0 Å². The second kappa shape index (κ2) is 6.69. The van der Waals surface area contributed by atoms with Gasteiger partial charge in [-0.3, -0.25) is 4.79 Å². The number of anilines is 1. The maximum atomic E-state index is 11.9. The molecule has 2 aromatic heterocycles. The third-order valence-electron chi connectivity index (χ3n) is 2.57. The summed E-state index contributed by atoms with van der Waals surface area (Å²) in [6, 6.07) is 6.67. The van der Waals surface area contributed by atoms with Gasteiger partial charge in [-0.15, -0.1) is 11.3 Å². The van der Waals surface area contributed by atoms with Gasteiger partial charge in [0.1, 0.15) is 10.7 Å². The summed E-state index contributed by atoms with van der Waals surface area (Å²) in [5, 5.41) is 3.02. The van der Waals surface area contributed by atoms with Gasteiger partial charge in [0.2, 0.25) is 0 Å². The van der Waals surface area contributed by atoms with Crippen LogP contribution in [0.25, 0.3) is 0 Å². The van der Waals surface area contributed by atoms with Crippen molar-refractivity contribution in [2.45, 2.75) is 20.0 Å². The highest BCUT2D eigenvalue weighted by molar-refractivity contribution is 7.13. The standard InChI is InChI=1S/C14H13ClN2O3S/c1-8-3-5-11(21-8)14(19)20-9(2)13(18)17-12-6-4-10(15)7-16-12/h3-7,9H,1-2H3,(H,16,17,18)/t9-/m0/s1. The number of thiophene rings is 1. The van der Waals surface area contributed by atoms with Gasteiger partial charge in [-0.1, -0.05) is 11.6 Å². The van der Waals surface area contributed by atoms with Crippen molar-refractivity contribution in [2.24, 2.45) is 0 Å². The van der Waals surface area contributed by atoms with E-state index in [1.165, 1.54) is 24.5 Å². The fourth-order valence-corrected chi connectivity index (χ4v) is 2.36. The lowest BCUT2D eigenvalue weighted by molar-refractivity contribution is -0.123. The van der Waals surface area contributed by atoms with Gasteiger partial charge in [-0.05, 0) is 38.1 Å². The Kier molecular flexibility index (Phi) is 4.93. The molecule has 0 spiro atoms. The number of amides is 1. The Hall–Kier alpha value is -1.92. The highest BCUT2D eigenvalue weighted by Crippen LogP contribution is 2.17. The van der Waals surface area contributed by atoms with Crippen molar-refractivity contribution in [3.8, 4) is 0 Å². The van der Waals surface area contributed by atoms with E-state index >= 15 is 0 Å². The number of nitrogens with zero attached hydrogens (tertiary/aromatic N) is 1. The molecule has 0 fully saturated rings. The zero-order valence-electron chi connectivity index (χ0n) is 11.4. The molecule has 2 heterocycles. The first-order valence-corrected chi connectivity index (χ1v) is 7.35. The van der Waals surface area contributed by atoms with E-state index in [2.05, 4.69) is 10.3 Å². The molecule has 0 saturated carbocycles. The quantitative estimate of drug-likeness (QED) is 0.876. The number of nitrogens with one attached hydrogen (secondary N) is 1. The number of rotatable bonds is 4. The Bertz CT molecular complexity index is 654. The number of ether oxygens (including phenoxy) is 1. The van der Waals surface area contributed by atoms with Crippen LogP contribution in [0.2, 0.25) is 5.02 Å². The van der Waals surface area contributed by atoms with Gasteiger partial charge >= 0.3 is 5.97 Å². The monoisotopic (exact) mass is 324 g/mol. The number of esters is 1. The first kappa shape index (κ1) is 15.5. The fourth-order valence-electron chi connectivity index (χ4n) is 1.49. The Morgan fingerprint density at radius 2 is 2.10 bits per heavy atom. The van der Waals surface area contributed by atoms with E-state index in [1.54, 1.807) is 18.2 Å². The molecule has 0 radical (unpaired) electrons. The van der Waals surface area contributed by atoms with Crippen molar-refractivity contribution in [3.05, 3.63) is 45.2 Å². The predicted molar refractivity (Wildman–Crippen MR) is 81.8 cm³/mol. The van der Waals surface area contributed by atoms with E-state index in [9.17, 15) is 9.59 Å². The molecule has 0 bridgehead atoms. The molecule has 0 aliphatic carbocycles. The van der Waals surface area contributed by atoms with Crippen LogP contribution in [0.3, 0.4) is 0 Å². The number of halogens is 1. The Labute approximate surface area is 130 Å². The van der Waals surface area contributed by atoms with E-state index in [1.807, 2.05) is 13.0 Å². The van der Waals surface area contributed by atoms with Crippen LogP contribution in [0.5, 0.6) is 0 Å². The number of hydrogen-bond acceptors (Lipinski definition) is 5. The SMILES string of the molecule is Cc1ccc(C(=O)O[C@@H](C)C(=O)Nc2ccc(Cl)cn2)s1. The molecule has 110 valence electrons. The molecule has 7 heteroatoms. The first-order valence-electron chi connectivity index (χ1n) is 6.15. The highest BCUT2D eigenvalue weighted by Gasteiger charge is 2.20. The summed E-state index contributed by atoms with van der Waals surface area (Å²) in [7, 11) is 0. The van der Waals surface area contributed by atoms with E-state index in [-0.39, 0.29) is 0 Å². The number of carbonyl (C=O) groups is 2. The van der Waals surface area contributed by atoms with Crippen LogP contribution >= 0.6 is 22.9 Å². The molecule has 21 heavy (non-hydrogen) atoms. The molecule has 0 aliphatic heterocycles. The molecule has 2 aromatic rings. The van der Waals surface area contributed by atoms with Crippen molar-refractivity contribution < 1.29 is 14.3 Å². The number of aryl methyl sites for hydroxylation is 1. The van der Waals surface area contributed by atoms with E-state index < -0.39 is 18.0 Å². The van der Waals surface area contributed by atoms with Gasteiger partial charge in [-0.2, -0.15) is 0 Å². The number of pyridine rings is 1. The molecule has 2 rings (SSSR count). The first-order chi connectivity index (χ1) is 9.95. The third-order valence-corrected chi connectivity index (χ3v) is 3.78. The minimum atomic E-state index is -0.919. The number of carbonyl (C=O) groups excluding carboxylic acids is 2. The van der Waals surface area contributed by atoms with Crippen LogP contribution < -0.4 is 5.32 Å². The predicted octanol–water partition coefficient (Wildman–Crippen LogP) is 3.29. The van der Waals surface area contributed by atoms with Crippen LogP contribution in [-0.4, -0.2) is 23.0 Å². The van der Waals surface area contributed by atoms with Crippen molar-refractivity contribution >= 4 is 40.6 Å². The zero-order valence-corrected chi connectivity index (χ0v) is 13.0. The molecule has 0 aliphatic rings. The molecule has 1 N–H and O–H groups in total. The summed E-state index contributed by atoms with van der Waals surface area (Å²) in [6.45, 7) is 3.40. The van der Waals surface area contributed by atoms with Gasteiger partial charge in [0, 0.05) is 11.1 Å². The van der Waals surface area contributed by atoms with Crippen LogP contribution in [0.15, 0.2) is 30.5 Å². The minimum absolute atomic E-state index is 0.347. The summed E-state index contributed by atoms with van der Waals surface area (Å²) in [5.74, 6) is -0.620. The summed E-state index contributed by atoms with van der Waals surface area (Å²) in [5.41, 5.74) is 0. The van der Waals surface area contributed by atoms with Crippen molar-refractivity contribution in [1.82, 2.24) is 4.98 Å². The van der Waals surface area contributed by atoms with Crippen LogP contribution in [-0.2, 0) is 9.53 Å². The van der Waals surface area contributed by atoms with Crippen molar-refractivity contribution in [2.75, 3.05) is 5.32 Å². The summed E-state index contributed by atoms with van der Waals surface area (Å²) in [6.07, 6.45) is 0.500.